The van der Waals surface area contributed by atoms with Crippen LogP contribution in [-0.2, 0) is 17.8 Å². The molecule has 1 N–H and O–H groups in total. The minimum absolute atomic E-state index is 0.0996. The van der Waals surface area contributed by atoms with E-state index in [9.17, 15) is 9.59 Å². The van der Waals surface area contributed by atoms with Crippen LogP contribution < -0.4 is 5.32 Å². The van der Waals surface area contributed by atoms with Crippen molar-refractivity contribution in [1.29, 1.82) is 0 Å². The predicted octanol–water partition coefficient (Wildman–Crippen LogP) is 5.30. The molecule has 1 aromatic heterocycles. The Bertz CT molecular complexity index is 818. The van der Waals surface area contributed by atoms with E-state index in [0.717, 1.165) is 29.1 Å². The normalized spacial score (nSPS) is 15.5. The van der Waals surface area contributed by atoms with E-state index in [4.69, 9.17) is 4.74 Å². The fourth-order valence-corrected chi connectivity index (χ4v) is 4.05. The maximum Gasteiger partial charge on any atom is 0.410 e. The molecule has 0 fully saturated rings. The summed E-state index contributed by atoms with van der Waals surface area (Å²) in [6.07, 6.45) is 5.49. The van der Waals surface area contributed by atoms with E-state index in [0.29, 0.717) is 25.6 Å². The Kier molecular flexibility index (Phi) is 8.68. The number of ether oxygens (including phenoxy) is 1. The molecule has 0 bridgehead atoms. The lowest BCUT2D eigenvalue weighted by Gasteiger charge is -2.25. The van der Waals surface area contributed by atoms with Gasteiger partial charge in [0.1, 0.15) is 5.60 Å². The molecule has 1 aromatic rings. The smallest absolute Gasteiger partial charge is 0.410 e. The highest BCUT2D eigenvalue weighted by Gasteiger charge is 2.25. The van der Waals surface area contributed by atoms with Gasteiger partial charge in [-0.15, -0.1) is 11.3 Å². The van der Waals surface area contributed by atoms with Crippen LogP contribution in [0.25, 0.3) is 0 Å². The van der Waals surface area contributed by atoms with Crippen molar-refractivity contribution < 1.29 is 14.3 Å². The highest BCUT2D eigenvalue weighted by molar-refractivity contribution is 7.09. The monoisotopic (exact) mass is 448 g/mol. The van der Waals surface area contributed by atoms with Crippen molar-refractivity contribution in [2.24, 2.45) is 5.92 Å². The van der Waals surface area contributed by atoms with Gasteiger partial charge in [0.15, 0.2) is 0 Å². The predicted molar refractivity (Wildman–Crippen MR) is 125 cm³/mol. The number of thiazole rings is 1. The van der Waals surface area contributed by atoms with Gasteiger partial charge in [0.25, 0.3) is 0 Å². The molecule has 31 heavy (non-hydrogen) atoms. The molecule has 8 heteroatoms. The number of hydrogen-bond donors (Lipinski definition) is 1. The first-order chi connectivity index (χ1) is 14.5. The lowest BCUT2D eigenvalue weighted by Crippen LogP contribution is -2.35. The van der Waals surface area contributed by atoms with Crippen molar-refractivity contribution in [3.05, 3.63) is 39.5 Å². The summed E-state index contributed by atoms with van der Waals surface area (Å²) in [6, 6.07) is -0.0996. The van der Waals surface area contributed by atoms with E-state index < -0.39 is 5.60 Å². The Morgan fingerprint density at radius 2 is 2.06 bits per heavy atom. The highest BCUT2D eigenvalue weighted by atomic mass is 32.1. The van der Waals surface area contributed by atoms with Crippen molar-refractivity contribution in [1.82, 2.24) is 20.1 Å². The topological polar surface area (TPSA) is 74.8 Å². The van der Waals surface area contributed by atoms with Gasteiger partial charge < -0.3 is 19.9 Å². The first-order valence-corrected chi connectivity index (χ1v) is 11.7. The number of urea groups is 1. The lowest BCUT2D eigenvalue weighted by molar-refractivity contribution is 0.0293. The van der Waals surface area contributed by atoms with E-state index in [1.165, 1.54) is 5.57 Å². The summed E-state index contributed by atoms with van der Waals surface area (Å²) in [7, 11) is 1.77. The van der Waals surface area contributed by atoms with Gasteiger partial charge in [-0.25, -0.2) is 14.6 Å². The Hall–Kier alpha value is -2.35. The number of hydrogen-bond acceptors (Lipinski definition) is 5. The number of fused-ring (bicyclic) bond motifs is 1. The van der Waals surface area contributed by atoms with Gasteiger partial charge in [-0.2, -0.15) is 0 Å². The van der Waals surface area contributed by atoms with E-state index in [2.05, 4.69) is 30.2 Å². The second-order valence-corrected chi connectivity index (χ2v) is 9.98. The van der Waals surface area contributed by atoms with Crippen molar-refractivity contribution in [3.8, 4) is 0 Å². The average Bonchev–Trinajstić information content (AvgIpc) is 3.27. The van der Waals surface area contributed by atoms with Gasteiger partial charge in [-0.3, -0.25) is 0 Å². The molecule has 0 aliphatic carbocycles. The molecule has 172 valence electrons. The third-order valence-electron chi connectivity index (χ3n) is 5.18. The van der Waals surface area contributed by atoms with Gasteiger partial charge in [-0.05, 0) is 52.5 Å². The fourth-order valence-electron chi connectivity index (χ4n) is 3.26. The first kappa shape index (κ1) is 24.9. The minimum Gasteiger partial charge on any atom is -0.444 e. The Labute approximate surface area is 190 Å². The van der Waals surface area contributed by atoms with Gasteiger partial charge in [0.2, 0.25) is 0 Å². The summed E-state index contributed by atoms with van der Waals surface area (Å²) in [5.74, 6) is 0.315. The maximum atomic E-state index is 12.5. The van der Waals surface area contributed by atoms with E-state index in [1.807, 2.05) is 39.3 Å². The average molecular weight is 449 g/mol. The van der Waals surface area contributed by atoms with Crippen molar-refractivity contribution in [2.45, 2.75) is 73.1 Å². The van der Waals surface area contributed by atoms with Gasteiger partial charge in [0.05, 0.1) is 24.3 Å². The van der Waals surface area contributed by atoms with Crippen molar-refractivity contribution >= 4 is 23.5 Å². The molecule has 0 saturated carbocycles. The van der Waals surface area contributed by atoms with E-state index >= 15 is 0 Å². The largest absolute Gasteiger partial charge is 0.444 e. The van der Waals surface area contributed by atoms with Gasteiger partial charge in [0, 0.05) is 24.2 Å². The number of rotatable bonds is 7. The molecular formula is C23H36N4O3S. The zero-order valence-corrected chi connectivity index (χ0v) is 20.6. The quantitative estimate of drug-likeness (QED) is 0.574. The molecule has 0 radical (unpaired) electrons. The molecule has 1 aliphatic heterocycles. The van der Waals surface area contributed by atoms with Crippen molar-refractivity contribution in [2.75, 3.05) is 13.6 Å². The van der Waals surface area contributed by atoms with Crippen molar-refractivity contribution in [3.63, 3.8) is 0 Å². The number of carbonyl (C=O) groups is 2. The number of amides is 3. The zero-order valence-electron chi connectivity index (χ0n) is 19.8. The van der Waals surface area contributed by atoms with Crippen LogP contribution in [0.2, 0.25) is 0 Å². The third kappa shape index (κ3) is 7.69. The van der Waals surface area contributed by atoms with E-state index in [1.54, 1.807) is 28.2 Å². The van der Waals surface area contributed by atoms with Gasteiger partial charge >= 0.3 is 12.1 Å². The molecule has 2 rings (SSSR count). The second kappa shape index (κ2) is 10.8. The number of carbonyl (C=O) groups excluding carboxylic acids is 2. The Balaban J connectivity index is 1.85. The highest BCUT2D eigenvalue weighted by Crippen LogP contribution is 2.25. The lowest BCUT2D eigenvalue weighted by atomic mass is 9.95. The minimum atomic E-state index is -0.491. The van der Waals surface area contributed by atoms with Crippen LogP contribution >= 0.6 is 11.3 Å². The Morgan fingerprint density at radius 3 is 2.68 bits per heavy atom. The van der Waals surface area contributed by atoms with Crippen LogP contribution in [0.4, 0.5) is 9.59 Å². The van der Waals surface area contributed by atoms with Crippen LogP contribution in [0, 0.1) is 5.92 Å². The molecule has 7 nitrogen and oxygen atoms in total. The zero-order chi connectivity index (χ0) is 23.2. The van der Waals surface area contributed by atoms with E-state index in [-0.39, 0.29) is 12.1 Å². The standard InChI is InChI=1S/C23H36N4O3S/c1-8-18(16(2)11-12-26(7)22(29)30-23(4,5)6)10-9-17(3)25-21(28)27-13-19-20(14-27)31-15-24-19/h9-10,15-16H,8,11-14H2,1-7H3,(H,25,28)/b17-9+,18-10+. The van der Waals surface area contributed by atoms with Crippen LogP contribution in [-0.4, -0.2) is 46.1 Å². The SMILES string of the molecule is CC/C(=C\C=C(/C)NC(=O)N1Cc2ncsc2C1)C(C)CCN(C)C(=O)OC(C)(C)C. The van der Waals surface area contributed by atoms with Crippen LogP contribution in [0.3, 0.4) is 0 Å². The number of allylic oxidation sites excluding steroid dienone is 4. The fraction of sp³-hybridized carbons (Fsp3) is 0.609. The summed E-state index contributed by atoms with van der Waals surface area (Å²) in [6.45, 7) is 13.6. The Morgan fingerprint density at radius 1 is 1.35 bits per heavy atom. The number of aromatic nitrogens is 1. The molecular weight excluding hydrogens is 412 g/mol. The molecule has 2 heterocycles. The summed E-state index contributed by atoms with van der Waals surface area (Å²) in [4.78, 5) is 33.5. The maximum absolute atomic E-state index is 12.5. The summed E-state index contributed by atoms with van der Waals surface area (Å²) in [5.41, 5.74) is 4.42. The molecule has 3 amide bonds. The van der Waals surface area contributed by atoms with Gasteiger partial charge in [-0.1, -0.05) is 25.5 Å². The number of nitrogens with zero attached hydrogens (tertiary/aromatic N) is 3. The first-order valence-electron chi connectivity index (χ1n) is 10.8. The van der Waals surface area contributed by atoms with Crippen LogP contribution in [0.5, 0.6) is 0 Å². The van der Waals surface area contributed by atoms with Crippen LogP contribution in [0.15, 0.2) is 28.9 Å². The summed E-state index contributed by atoms with van der Waals surface area (Å²) < 4.78 is 5.41. The molecule has 1 aliphatic rings. The number of nitrogens with one attached hydrogen (secondary N) is 1. The molecule has 1 atom stereocenters. The third-order valence-corrected chi connectivity index (χ3v) is 6.04. The second-order valence-electron chi connectivity index (χ2n) is 9.04. The molecule has 1 unspecified atom stereocenters. The molecule has 0 spiro atoms. The molecule has 0 aromatic carbocycles. The molecule has 0 saturated heterocycles. The summed E-state index contributed by atoms with van der Waals surface area (Å²) in [5, 5.41) is 2.96. The summed E-state index contributed by atoms with van der Waals surface area (Å²) >= 11 is 1.59. The van der Waals surface area contributed by atoms with Crippen LogP contribution in [0.1, 0.15) is 65.0 Å².